The lowest BCUT2D eigenvalue weighted by Gasteiger charge is -2.18. The molecule has 2 aromatic carbocycles. The summed E-state index contributed by atoms with van der Waals surface area (Å²) < 4.78 is 1.95. The van der Waals surface area contributed by atoms with Crippen LogP contribution in [0.25, 0.3) is 4.96 Å². The number of carbonyl (C=O) groups is 1. The largest absolute Gasteiger partial charge is 0.355 e. The zero-order chi connectivity index (χ0) is 17.8. The average molecular weight is 361 g/mol. The summed E-state index contributed by atoms with van der Waals surface area (Å²) in [5.41, 5.74) is 3.19. The first-order valence-corrected chi connectivity index (χ1v) is 9.45. The Kier molecular flexibility index (Phi) is 4.80. The molecule has 130 valence electrons. The van der Waals surface area contributed by atoms with Crippen LogP contribution in [0, 0.1) is 0 Å². The van der Waals surface area contributed by atoms with Crippen molar-refractivity contribution in [3.05, 3.63) is 95.3 Å². The molecule has 0 aliphatic heterocycles. The van der Waals surface area contributed by atoms with E-state index in [1.54, 1.807) is 11.3 Å². The summed E-state index contributed by atoms with van der Waals surface area (Å²) in [7, 11) is 0. The van der Waals surface area contributed by atoms with E-state index in [0.29, 0.717) is 13.0 Å². The molecule has 4 nitrogen and oxygen atoms in total. The molecular weight excluding hydrogens is 342 g/mol. The third-order valence-electron chi connectivity index (χ3n) is 4.39. The van der Waals surface area contributed by atoms with E-state index in [2.05, 4.69) is 34.6 Å². The van der Waals surface area contributed by atoms with Crippen LogP contribution in [-0.4, -0.2) is 21.8 Å². The lowest BCUT2D eigenvalue weighted by atomic mass is 9.91. The molecular formula is C21H19N3OS. The number of nitrogens with zero attached hydrogens (tertiary/aromatic N) is 2. The molecule has 0 radical (unpaired) electrons. The van der Waals surface area contributed by atoms with Gasteiger partial charge in [-0.1, -0.05) is 60.7 Å². The Labute approximate surface area is 156 Å². The molecule has 0 saturated heterocycles. The third-order valence-corrected chi connectivity index (χ3v) is 5.16. The van der Waals surface area contributed by atoms with Gasteiger partial charge in [0.2, 0.25) is 5.91 Å². The molecule has 0 spiro atoms. The van der Waals surface area contributed by atoms with Crippen LogP contribution in [0.5, 0.6) is 0 Å². The third kappa shape index (κ3) is 3.68. The Bertz CT molecular complexity index is 924. The van der Waals surface area contributed by atoms with Crippen molar-refractivity contribution in [1.29, 1.82) is 0 Å². The highest BCUT2D eigenvalue weighted by atomic mass is 32.1. The fourth-order valence-corrected chi connectivity index (χ4v) is 3.82. The number of amides is 1. The lowest BCUT2D eigenvalue weighted by molar-refractivity contribution is -0.120. The Morgan fingerprint density at radius 1 is 1.04 bits per heavy atom. The van der Waals surface area contributed by atoms with Gasteiger partial charge in [0.05, 0.1) is 12.1 Å². The summed E-state index contributed by atoms with van der Waals surface area (Å²) in [6.07, 6.45) is 4.16. The second-order valence-corrected chi connectivity index (χ2v) is 7.05. The SMILES string of the molecule is O=C(Cc1cn2ccsc2n1)NCC(c1ccccc1)c1ccccc1. The van der Waals surface area contributed by atoms with Gasteiger partial charge in [-0.15, -0.1) is 11.3 Å². The van der Waals surface area contributed by atoms with Gasteiger partial charge in [0.15, 0.2) is 4.96 Å². The second kappa shape index (κ2) is 7.54. The number of rotatable bonds is 6. The zero-order valence-electron chi connectivity index (χ0n) is 14.2. The summed E-state index contributed by atoms with van der Waals surface area (Å²) in [6.45, 7) is 0.565. The Morgan fingerprint density at radius 3 is 2.31 bits per heavy atom. The number of hydrogen-bond acceptors (Lipinski definition) is 3. The van der Waals surface area contributed by atoms with Gasteiger partial charge in [-0.2, -0.15) is 0 Å². The standard InChI is InChI=1S/C21H19N3OS/c25-20(13-18-15-24-11-12-26-21(24)23-18)22-14-19(16-7-3-1-4-8-16)17-9-5-2-6-10-17/h1-12,15,19H,13-14H2,(H,22,25). The number of nitrogens with one attached hydrogen (secondary N) is 1. The van der Waals surface area contributed by atoms with Crippen LogP contribution in [0.15, 0.2) is 78.4 Å². The van der Waals surface area contributed by atoms with Crippen LogP contribution in [0.4, 0.5) is 0 Å². The van der Waals surface area contributed by atoms with Crippen molar-refractivity contribution in [1.82, 2.24) is 14.7 Å². The molecule has 0 bridgehead atoms. The number of imidazole rings is 1. The maximum atomic E-state index is 12.4. The van der Waals surface area contributed by atoms with Crippen LogP contribution in [0.2, 0.25) is 0 Å². The van der Waals surface area contributed by atoms with Crippen molar-refractivity contribution in [2.45, 2.75) is 12.3 Å². The Hall–Kier alpha value is -2.92. The highest BCUT2D eigenvalue weighted by Crippen LogP contribution is 2.23. The molecule has 0 aliphatic carbocycles. The minimum Gasteiger partial charge on any atom is -0.355 e. The fourth-order valence-electron chi connectivity index (χ4n) is 3.10. The summed E-state index contributed by atoms with van der Waals surface area (Å²) in [5.74, 6) is 0.124. The minimum atomic E-state index is -0.00684. The molecule has 2 heterocycles. The summed E-state index contributed by atoms with van der Waals surface area (Å²) in [5, 5.41) is 5.06. The zero-order valence-corrected chi connectivity index (χ0v) is 15.0. The minimum absolute atomic E-state index is 0.00684. The van der Waals surface area contributed by atoms with Crippen molar-refractivity contribution in [2.75, 3.05) is 6.54 Å². The van der Waals surface area contributed by atoms with Crippen LogP contribution < -0.4 is 5.32 Å². The number of aromatic nitrogens is 2. The molecule has 5 heteroatoms. The summed E-state index contributed by atoms with van der Waals surface area (Å²) in [6, 6.07) is 20.6. The average Bonchev–Trinajstić information content (AvgIpc) is 3.25. The van der Waals surface area contributed by atoms with E-state index < -0.39 is 0 Å². The molecule has 1 amide bonds. The topological polar surface area (TPSA) is 46.4 Å². The van der Waals surface area contributed by atoms with Gasteiger partial charge in [0, 0.05) is 30.2 Å². The molecule has 4 rings (SSSR count). The molecule has 26 heavy (non-hydrogen) atoms. The highest BCUT2D eigenvalue weighted by molar-refractivity contribution is 7.15. The van der Waals surface area contributed by atoms with Gasteiger partial charge < -0.3 is 5.32 Å². The van der Waals surface area contributed by atoms with E-state index in [-0.39, 0.29) is 11.8 Å². The smallest absolute Gasteiger partial charge is 0.226 e. The van der Waals surface area contributed by atoms with Crippen molar-refractivity contribution in [3.8, 4) is 0 Å². The second-order valence-electron chi connectivity index (χ2n) is 6.18. The first-order valence-electron chi connectivity index (χ1n) is 8.57. The first-order chi connectivity index (χ1) is 12.8. The van der Waals surface area contributed by atoms with Crippen molar-refractivity contribution < 1.29 is 4.79 Å². The molecule has 0 aliphatic rings. The van der Waals surface area contributed by atoms with Gasteiger partial charge >= 0.3 is 0 Å². The van der Waals surface area contributed by atoms with E-state index >= 15 is 0 Å². The normalized spacial score (nSPS) is 11.1. The molecule has 1 N–H and O–H groups in total. The molecule has 2 aromatic heterocycles. The summed E-state index contributed by atoms with van der Waals surface area (Å²) >= 11 is 1.57. The van der Waals surface area contributed by atoms with Crippen molar-refractivity contribution in [3.63, 3.8) is 0 Å². The van der Waals surface area contributed by atoms with Gasteiger partial charge in [-0.25, -0.2) is 4.98 Å². The number of fused-ring (bicyclic) bond motifs is 1. The quantitative estimate of drug-likeness (QED) is 0.566. The van der Waals surface area contributed by atoms with E-state index in [1.807, 2.05) is 58.6 Å². The number of hydrogen-bond donors (Lipinski definition) is 1. The highest BCUT2D eigenvalue weighted by Gasteiger charge is 2.16. The number of benzene rings is 2. The molecule has 0 atom stereocenters. The van der Waals surface area contributed by atoms with Crippen LogP contribution in [-0.2, 0) is 11.2 Å². The predicted octanol–water partition coefficient (Wildman–Crippen LogP) is 3.89. The van der Waals surface area contributed by atoms with Crippen molar-refractivity contribution >= 4 is 22.2 Å². The van der Waals surface area contributed by atoms with Crippen LogP contribution in [0.1, 0.15) is 22.7 Å². The Morgan fingerprint density at radius 2 is 1.69 bits per heavy atom. The van der Waals surface area contributed by atoms with Crippen LogP contribution >= 0.6 is 11.3 Å². The number of thiazole rings is 1. The molecule has 0 saturated carbocycles. The molecule has 0 fully saturated rings. The van der Waals surface area contributed by atoms with Gasteiger partial charge in [-0.3, -0.25) is 9.20 Å². The molecule has 0 unspecified atom stereocenters. The van der Waals surface area contributed by atoms with Crippen molar-refractivity contribution in [2.24, 2.45) is 0 Å². The van der Waals surface area contributed by atoms with E-state index in [4.69, 9.17) is 0 Å². The van der Waals surface area contributed by atoms with Crippen LogP contribution in [0.3, 0.4) is 0 Å². The maximum absolute atomic E-state index is 12.4. The van der Waals surface area contributed by atoms with E-state index in [1.165, 1.54) is 11.1 Å². The lowest BCUT2D eigenvalue weighted by Crippen LogP contribution is -2.30. The Balaban J connectivity index is 1.45. The number of carbonyl (C=O) groups excluding carboxylic acids is 1. The van der Waals surface area contributed by atoms with E-state index in [0.717, 1.165) is 10.7 Å². The van der Waals surface area contributed by atoms with E-state index in [9.17, 15) is 4.79 Å². The fraction of sp³-hybridized carbons (Fsp3) is 0.143. The molecule has 4 aromatic rings. The monoisotopic (exact) mass is 361 g/mol. The first kappa shape index (κ1) is 16.5. The van der Waals surface area contributed by atoms with Gasteiger partial charge in [0.25, 0.3) is 0 Å². The van der Waals surface area contributed by atoms with Gasteiger partial charge in [-0.05, 0) is 11.1 Å². The maximum Gasteiger partial charge on any atom is 0.226 e. The summed E-state index contributed by atoms with van der Waals surface area (Å²) in [4.78, 5) is 17.8. The predicted molar refractivity (Wildman–Crippen MR) is 105 cm³/mol. The van der Waals surface area contributed by atoms with Gasteiger partial charge in [0.1, 0.15) is 0 Å².